The molecular formula is C9H15NOS. The molecule has 12 heavy (non-hydrogen) atoms. The summed E-state index contributed by atoms with van der Waals surface area (Å²) >= 11 is 1.65. The van der Waals surface area contributed by atoms with Gasteiger partial charge in [-0.15, -0.1) is 11.3 Å². The van der Waals surface area contributed by atoms with Crippen LogP contribution in [0.3, 0.4) is 0 Å². The molecule has 2 nitrogen and oxygen atoms in total. The zero-order valence-corrected chi connectivity index (χ0v) is 8.27. The number of rotatable bonds is 3. The minimum atomic E-state index is -0.500. The second-order valence-corrected chi connectivity index (χ2v) is 4.12. The fourth-order valence-corrected chi connectivity index (χ4v) is 1.82. The van der Waals surface area contributed by atoms with Gasteiger partial charge in [0.1, 0.15) is 0 Å². The molecule has 0 fully saturated rings. The van der Waals surface area contributed by atoms with Crippen molar-refractivity contribution in [1.29, 1.82) is 0 Å². The quantitative estimate of drug-likeness (QED) is 0.754. The molecule has 0 aliphatic rings. The average Bonchev–Trinajstić information content (AvgIpc) is 2.49. The van der Waals surface area contributed by atoms with Crippen molar-refractivity contribution >= 4 is 11.3 Å². The van der Waals surface area contributed by atoms with Gasteiger partial charge >= 0.3 is 0 Å². The van der Waals surface area contributed by atoms with Crippen LogP contribution >= 0.6 is 11.3 Å². The molecule has 0 radical (unpaired) electrons. The summed E-state index contributed by atoms with van der Waals surface area (Å²) in [6.45, 7) is 4.01. The van der Waals surface area contributed by atoms with Crippen LogP contribution in [-0.2, 0) is 0 Å². The third kappa shape index (κ3) is 2.06. The Morgan fingerprint density at radius 2 is 2.33 bits per heavy atom. The Morgan fingerprint density at radius 1 is 1.67 bits per heavy atom. The van der Waals surface area contributed by atoms with Crippen LogP contribution in [0.15, 0.2) is 11.4 Å². The van der Waals surface area contributed by atoms with Gasteiger partial charge in [-0.05, 0) is 30.4 Å². The Balaban J connectivity index is 2.70. The largest absolute Gasteiger partial charge is 0.387 e. The summed E-state index contributed by atoms with van der Waals surface area (Å²) in [7, 11) is 0. The molecule has 1 heterocycles. The third-order valence-electron chi connectivity index (χ3n) is 1.97. The minimum Gasteiger partial charge on any atom is -0.387 e. The second-order valence-electron chi connectivity index (χ2n) is 3.01. The Hall–Kier alpha value is -0.380. The van der Waals surface area contributed by atoms with E-state index in [2.05, 4.69) is 0 Å². The van der Waals surface area contributed by atoms with E-state index in [-0.39, 0.29) is 6.04 Å². The highest BCUT2D eigenvalue weighted by Crippen LogP contribution is 2.22. The highest BCUT2D eigenvalue weighted by molar-refractivity contribution is 7.10. The molecular weight excluding hydrogens is 170 g/mol. The van der Waals surface area contributed by atoms with E-state index in [0.29, 0.717) is 0 Å². The number of hydrogen-bond acceptors (Lipinski definition) is 3. The standard InChI is InChI=1S/C9H15NOS/c1-3-8(10)9(11)7-4-6(2)12-5-7/h4-5,8-9,11H,3,10H2,1-2H3/t8-,9-/m1/s1. The van der Waals surface area contributed by atoms with Gasteiger partial charge in [-0.3, -0.25) is 0 Å². The maximum Gasteiger partial charge on any atom is 0.0948 e. The van der Waals surface area contributed by atoms with E-state index < -0.39 is 6.10 Å². The Bertz CT molecular complexity index is 246. The summed E-state index contributed by atoms with van der Waals surface area (Å²) in [5, 5.41) is 11.7. The molecule has 0 saturated heterocycles. The molecule has 0 aliphatic carbocycles. The number of aliphatic hydroxyl groups is 1. The van der Waals surface area contributed by atoms with E-state index in [1.54, 1.807) is 11.3 Å². The van der Waals surface area contributed by atoms with Crippen molar-refractivity contribution in [2.45, 2.75) is 32.4 Å². The molecule has 68 valence electrons. The number of aliphatic hydroxyl groups excluding tert-OH is 1. The second kappa shape index (κ2) is 4.03. The minimum absolute atomic E-state index is 0.140. The molecule has 0 aromatic carbocycles. The fraction of sp³-hybridized carbons (Fsp3) is 0.556. The summed E-state index contributed by atoms with van der Waals surface area (Å²) in [5.41, 5.74) is 6.66. The summed E-state index contributed by atoms with van der Waals surface area (Å²) in [6.07, 6.45) is 0.302. The van der Waals surface area contributed by atoms with Crippen LogP contribution < -0.4 is 5.73 Å². The van der Waals surface area contributed by atoms with E-state index in [1.807, 2.05) is 25.3 Å². The molecule has 0 bridgehead atoms. The van der Waals surface area contributed by atoms with Crippen molar-refractivity contribution in [3.05, 3.63) is 21.9 Å². The first-order valence-electron chi connectivity index (χ1n) is 4.13. The van der Waals surface area contributed by atoms with E-state index >= 15 is 0 Å². The van der Waals surface area contributed by atoms with Gasteiger partial charge in [-0.2, -0.15) is 0 Å². The first-order chi connectivity index (χ1) is 5.65. The Morgan fingerprint density at radius 3 is 2.75 bits per heavy atom. The van der Waals surface area contributed by atoms with Crippen molar-refractivity contribution in [2.75, 3.05) is 0 Å². The Kier molecular flexibility index (Phi) is 3.26. The lowest BCUT2D eigenvalue weighted by atomic mass is 10.0. The first kappa shape index (κ1) is 9.71. The maximum atomic E-state index is 9.68. The highest BCUT2D eigenvalue weighted by Gasteiger charge is 2.15. The monoisotopic (exact) mass is 185 g/mol. The van der Waals surface area contributed by atoms with Crippen LogP contribution in [0.4, 0.5) is 0 Å². The molecule has 1 aromatic heterocycles. The summed E-state index contributed by atoms with van der Waals surface area (Å²) in [4.78, 5) is 1.22. The van der Waals surface area contributed by atoms with E-state index in [4.69, 9.17) is 5.73 Å². The topological polar surface area (TPSA) is 46.2 Å². The van der Waals surface area contributed by atoms with Gasteiger partial charge in [0.25, 0.3) is 0 Å². The van der Waals surface area contributed by atoms with Gasteiger partial charge in [0, 0.05) is 10.9 Å². The number of thiophene rings is 1. The van der Waals surface area contributed by atoms with Crippen molar-refractivity contribution < 1.29 is 5.11 Å². The number of aryl methyl sites for hydroxylation is 1. The molecule has 3 N–H and O–H groups in total. The van der Waals surface area contributed by atoms with Crippen LogP contribution in [0.1, 0.15) is 29.9 Å². The summed E-state index contributed by atoms with van der Waals surface area (Å²) in [5.74, 6) is 0. The highest BCUT2D eigenvalue weighted by atomic mass is 32.1. The smallest absolute Gasteiger partial charge is 0.0948 e. The van der Waals surface area contributed by atoms with E-state index in [0.717, 1.165) is 12.0 Å². The van der Waals surface area contributed by atoms with Crippen LogP contribution in [0.2, 0.25) is 0 Å². The van der Waals surface area contributed by atoms with Crippen molar-refractivity contribution in [1.82, 2.24) is 0 Å². The van der Waals surface area contributed by atoms with E-state index in [1.165, 1.54) is 4.88 Å². The van der Waals surface area contributed by atoms with Crippen LogP contribution in [0, 0.1) is 6.92 Å². The van der Waals surface area contributed by atoms with Crippen molar-refractivity contribution in [3.8, 4) is 0 Å². The molecule has 0 amide bonds. The van der Waals surface area contributed by atoms with Crippen LogP contribution in [0.25, 0.3) is 0 Å². The van der Waals surface area contributed by atoms with Crippen LogP contribution in [0.5, 0.6) is 0 Å². The number of nitrogens with two attached hydrogens (primary N) is 1. The van der Waals surface area contributed by atoms with Gasteiger partial charge in [-0.25, -0.2) is 0 Å². The first-order valence-corrected chi connectivity index (χ1v) is 5.01. The molecule has 0 spiro atoms. The van der Waals surface area contributed by atoms with E-state index in [9.17, 15) is 5.11 Å². The average molecular weight is 185 g/mol. The van der Waals surface area contributed by atoms with Gasteiger partial charge in [0.05, 0.1) is 6.10 Å². The molecule has 0 saturated carbocycles. The molecule has 0 unspecified atom stereocenters. The van der Waals surface area contributed by atoms with Gasteiger partial charge in [0.15, 0.2) is 0 Å². The number of hydrogen-bond donors (Lipinski definition) is 2. The van der Waals surface area contributed by atoms with Crippen molar-refractivity contribution in [3.63, 3.8) is 0 Å². The molecule has 3 heteroatoms. The third-order valence-corrected chi connectivity index (χ3v) is 2.85. The lowest BCUT2D eigenvalue weighted by Gasteiger charge is -2.15. The predicted octanol–water partition coefficient (Wildman–Crippen LogP) is 1.83. The van der Waals surface area contributed by atoms with Crippen LogP contribution in [-0.4, -0.2) is 11.1 Å². The molecule has 0 aliphatic heterocycles. The fourth-order valence-electron chi connectivity index (χ4n) is 1.09. The van der Waals surface area contributed by atoms with Crippen molar-refractivity contribution in [2.24, 2.45) is 5.73 Å². The van der Waals surface area contributed by atoms with Gasteiger partial charge in [-0.1, -0.05) is 6.92 Å². The Labute approximate surface area is 77.0 Å². The normalized spacial score (nSPS) is 16.0. The lowest BCUT2D eigenvalue weighted by Crippen LogP contribution is -2.26. The SMILES string of the molecule is CC[C@@H](N)[C@H](O)c1csc(C)c1. The summed E-state index contributed by atoms with van der Waals surface area (Å²) < 4.78 is 0. The molecule has 1 aromatic rings. The lowest BCUT2D eigenvalue weighted by molar-refractivity contribution is 0.145. The summed E-state index contributed by atoms with van der Waals surface area (Å²) in [6, 6.07) is 1.85. The molecule has 2 atom stereocenters. The predicted molar refractivity (Wildman–Crippen MR) is 52.3 cm³/mol. The molecule has 1 rings (SSSR count). The zero-order chi connectivity index (χ0) is 9.14. The zero-order valence-electron chi connectivity index (χ0n) is 7.45. The van der Waals surface area contributed by atoms with Gasteiger partial charge in [0.2, 0.25) is 0 Å². The maximum absolute atomic E-state index is 9.68. The van der Waals surface area contributed by atoms with Gasteiger partial charge < -0.3 is 10.8 Å².